The number of urea groups is 1. The SMILES string of the molecule is NC1=NC(=O)N(C2CC2)C1c1cc(F)ccc1Br. The minimum Gasteiger partial charge on any atom is -0.385 e. The van der Waals surface area contributed by atoms with E-state index in [2.05, 4.69) is 20.9 Å². The summed E-state index contributed by atoms with van der Waals surface area (Å²) in [4.78, 5) is 17.2. The molecule has 1 atom stereocenters. The highest BCUT2D eigenvalue weighted by atomic mass is 79.9. The Morgan fingerprint density at radius 2 is 2.17 bits per heavy atom. The molecule has 1 aromatic carbocycles. The van der Waals surface area contributed by atoms with Gasteiger partial charge >= 0.3 is 6.03 Å². The van der Waals surface area contributed by atoms with Gasteiger partial charge in [-0.25, -0.2) is 9.18 Å². The lowest BCUT2D eigenvalue weighted by Crippen LogP contribution is -2.35. The van der Waals surface area contributed by atoms with Crippen molar-refractivity contribution in [1.29, 1.82) is 0 Å². The monoisotopic (exact) mass is 311 g/mol. The Hall–Kier alpha value is -1.43. The van der Waals surface area contributed by atoms with E-state index in [0.29, 0.717) is 5.56 Å². The smallest absolute Gasteiger partial charge is 0.346 e. The first-order valence-electron chi connectivity index (χ1n) is 5.69. The summed E-state index contributed by atoms with van der Waals surface area (Å²) in [6.45, 7) is 0. The number of amidine groups is 1. The molecule has 1 unspecified atom stereocenters. The average Bonchev–Trinajstić information content (AvgIpc) is 3.09. The average molecular weight is 312 g/mol. The Morgan fingerprint density at radius 3 is 2.83 bits per heavy atom. The van der Waals surface area contributed by atoms with Crippen LogP contribution in [-0.2, 0) is 0 Å². The zero-order valence-electron chi connectivity index (χ0n) is 9.44. The zero-order valence-corrected chi connectivity index (χ0v) is 11.0. The van der Waals surface area contributed by atoms with Crippen molar-refractivity contribution in [3.05, 3.63) is 34.1 Å². The fourth-order valence-corrected chi connectivity index (χ4v) is 2.70. The molecule has 3 rings (SSSR count). The summed E-state index contributed by atoms with van der Waals surface area (Å²) < 4.78 is 14.1. The van der Waals surface area contributed by atoms with E-state index in [0.717, 1.165) is 17.3 Å². The van der Waals surface area contributed by atoms with Crippen LogP contribution >= 0.6 is 15.9 Å². The molecule has 0 spiro atoms. The number of amides is 2. The first-order chi connectivity index (χ1) is 8.58. The highest BCUT2D eigenvalue weighted by Crippen LogP contribution is 2.40. The largest absolute Gasteiger partial charge is 0.385 e. The van der Waals surface area contributed by atoms with Crippen molar-refractivity contribution < 1.29 is 9.18 Å². The lowest BCUT2D eigenvalue weighted by atomic mass is 10.1. The van der Waals surface area contributed by atoms with Crippen LogP contribution < -0.4 is 5.73 Å². The van der Waals surface area contributed by atoms with Gasteiger partial charge < -0.3 is 10.6 Å². The number of nitrogens with zero attached hydrogens (tertiary/aromatic N) is 2. The Morgan fingerprint density at radius 1 is 1.44 bits per heavy atom. The van der Waals surface area contributed by atoms with Crippen molar-refractivity contribution in [2.45, 2.75) is 24.9 Å². The maximum atomic E-state index is 13.4. The van der Waals surface area contributed by atoms with Crippen molar-refractivity contribution in [2.75, 3.05) is 0 Å². The topological polar surface area (TPSA) is 58.7 Å². The molecule has 18 heavy (non-hydrogen) atoms. The second-order valence-electron chi connectivity index (χ2n) is 4.53. The minimum absolute atomic E-state index is 0.183. The normalized spacial score (nSPS) is 23.4. The van der Waals surface area contributed by atoms with Gasteiger partial charge in [0.1, 0.15) is 17.7 Å². The van der Waals surface area contributed by atoms with E-state index in [1.807, 2.05) is 0 Å². The van der Waals surface area contributed by atoms with Crippen LogP contribution in [0.15, 0.2) is 27.7 Å². The van der Waals surface area contributed by atoms with Crippen molar-refractivity contribution in [3.63, 3.8) is 0 Å². The third-order valence-corrected chi connectivity index (χ3v) is 3.92. The molecule has 0 aromatic heterocycles. The molecule has 1 aromatic rings. The number of aliphatic imine (C=N–C) groups is 1. The first kappa shape index (κ1) is 11.6. The van der Waals surface area contributed by atoms with E-state index >= 15 is 0 Å². The highest BCUT2D eigenvalue weighted by Gasteiger charge is 2.44. The van der Waals surface area contributed by atoms with Crippen molar-refractivity contribution in [3.8, 4) is 0 Å². The first-order valence-corrected chi connectivity index (χ1v) is 6.48. The molecular weight excluding hydrogens is 301 g/mol. The van der Waals surface area contributed by atoms with Crippen LogP contribution in [-0.4, -0.2) is 22.8 Å². The highest BCUT2D eigenvalue weighted by molar-refractivity contribution is 9.10. The van der Waals surface area contributed by atoms with Gasteiger partial charge in [-0.1, -0.05) is 15.9 Å². The van der Waals surface area contributed by atoms with E-state index in [1.54, 1.807) is 11.0 Å². The number of rotatable bonds is 2. The van der Waals surface area contributed by atoms with Gasteiger partial charge in [0.15, 0.2) is 0 Å². The second-order valence-corrected chi connectivity index (χ2v) is 5.38. The van der Waals surface area contributed by atoms with Crippen LogP contribution in [0.1, 0.15) is 24.4 Å². The van der Waals surface area contributed by atoms with Gasteiger partial charge in [0.25, 0.3) is 0 Å². The van der Waals surface area contributed by atoms with Crippen LogP contribution in [0.4, 0.5) is 9.18 Å². The Labute approximate surface area is 112 Å². The van der Waals surface area contributed by atoms with E-state index < -0.39 is 6.04 Å². The van der Waals surface area contributed by atoms with E-state index in [4.69, 9.17) is 5.73 Å². The van der Waals surface area contributed by atoms with E-state index in [-0.39, 0.29) is 23.7 Å². The number of benzene rings is 1. The zero-order chi connectivity index (χ0) is 12.9. The summed E-state index contributed by atoms with van der Waals surface area (Å²) in [7, 11) is 0. The Bertz CT molecular complexity index is 556. The van der Waals surface area contributed by atoms with Gasteiger partial charge in [-0.2, -0.15) is 4.99 Å². The predicted octanol–water partition coefficient (Wildman–Crippen LogP) is 2.58. The summed E-state index contributed by atoms with van der Waals surface area (Å²) in [5, 5.41) is 0. The van der Waals surface area contributed by atoms with Crippen LogP contribution in [0, 0.1) is 5.82 Å². The standard InChI is InChI=1S/C12H11BrFN3O/c13-9-4-1-6(14)5-8(9)10-11(15)16-12(18)17(10)7-2-3-7/h1,4-5,7,10H,2-3H2,(H2,15,16,18). The van der Waals surface area contributed by atoms with Crippen LogP contribution in [0.3, 0.4) is 0 Å². The van der Waals surface area contributed by atoms with Crippen LogP contribution in [0.5, 0.6) is 0 Å². The molecule has 2 amide bonds. The molecule has 0 radical (unpaired) electrons. The number of hydrogen-bond acceptors (Lipinski definition) is 2. The molecule has 0 saturated heterocycles. The van der Waals surface area contributed by atoms with E-state index in [9.17, 15) is 9.18 Å². The number of halogens is 2. The maximum absolute atomic E-state index is 13.4. The van der Waals surface area contributed by atoms with Crippen molar-refractivity contribution in [1.82, 2.24) is 4.90 Å². The summed E-state index contributed by atoms with van der Waals surface area (Å²) in [6.07, 6.45) is 1.91. The number of carbonyl (C=O) groups excluding carboxylic acids is 1. The van der Waals surface area contributed by atoms with Gasteiger partial charge in [-0.15, -0.1) is 0 Å². The third-order valence-electron chi connectivity index (χ3n) is 3.20. The van der Waals surface area contributed by atoms with Gasteiger partial charge in [0.2, 0.25) is 0 Å². The molecule has 1 saturated carbocycles. The quantitative estimate of drug-likeness (QED) is 0.912. The van der Waals surface area contributed by atoms with Gasteiger partial charge in [-0.05, 0) is 36.6 Å². The van der Waals surface area contributed by atoms with Gasteiger partial charge in [0, 0.05) is 10.5 Å². The van der Waals surface area contributed by atoms with Crippen molar-refractivity contribution >= 4 is 27.8 Å². The summed E-state index contributed by atoms with van der Waals surface area (Å²) in [5.41, 5.74) is 6.47. The lowest BCUT2D eigenvalue weighted by Gasteiger charge is -2.25. The molecule has 2 aliphatic rings. The van der Waals surface area contributed by atoms with Crippen LogP contribution in [0.25, 0.3) is 0 Å². The summed E-state index contributed by atoms with van der Waals surface area (Å²) in [6, 6.07) is 3.78. The van der Waals surface area contributed by atoms with Crippen molar-refractivity contribution in [2.24, 2.45) is 10.7 Å². The van der Waals surface area contributed by atoms with Crippen LogP contribution in [0.2, 0.25) is 0 Å². The fourth-order valence-electron chi connectivity index (χ4n) is 2.24. The minimum atomic E-state index is -0.449. The van der Waals surface area contributed by atoms with Gasteiger partial charge in [0.05, 0.1) is 0 Å². The molecule has 1 aliphatic carbocycles. The molecular formula is C12H11BrFN3O. The molecule has 6 heteroatoms. The molecule has 0 bridgehead atoms. The molecule has 94 valence electrons. The summed E-state index contributed by atoms with van der Waals surface area (Å²) >= 11 is 3.37. The van der Waals surface area contributed by atoms with Gasteiger partial charge in [-0.3, -0.25) is 0 Å². The maximum Gasteiger partial charge on any atom is 0.346 e. The molecule has 2 N–H and O–H groups in total. The fraction of sp³-hybridized carbons (Fsp3) is 0.333. The lowest BCUT2D eigenvalue weighted by molar-refractivity contribution is 0.203. The summed E-state index contributed by atoms with van der Waals surface area (Å²) in [5.74, 6) is -0.116. The Balaban J connectivity index is 2.05. The Kier molecular flexibility index (Phi) is 2.62. The van der Waals surface area contributed by atoms with E-state index in [1.165, 1.54) is 12.1 Å². The predicted molar refractivity (Wildman–Crippen MR) is 68.7 cm³/mol. The third kappa shape index (κ3) is 1.80. The second kappa shape index (κ2) is 4.05. The molecule has 1 heterocycles. The molecule has 1 aliphatic heterocycles. The number of nitrogens with two attached hydrogens (primary N) is 1. The molecule has 4 nitrogen and oxygen atoms in total. The number of hydrogen-bond donors (Lipinski definition) is 1. The molecule has 1 fully saturated rings. The number of carbonyl (C=O) groups is 1.